The summed E-state index contributed by atoms with van der Waals surface area (Å²) in [6.45, 7) is 4.90. The molecule has 4 heterocycles. The van der Waals surface area contributed by atoms with Crippen molar-refractivity contribution in [1.29, 1.82) is 0 Å². The average Bonchev–Trinajstić information content (AvgIpc) is 3.36. The van der Waals surface area contributed by atoms with Crippen LogP contribution < -0.4 is 28.0 Å². The van der Waals surface area contributed by atoms with E-state index in [1.165, 1.54) is 16.7 Å². The van der Waals surface area contributed by atoms with Gasteiger partial charge in [0.25, 0.3) is 0 Å². The number of primary amides is 1. The van der Waals surface area contributed by atoms with Crippen LogP contribution in [0.5, 0.6) is 0 Å². The van der Waals surface area contributed by atoms with Gasteiger partial charge in [-0.1, -0.05) is 6.92 Å². The highest BCUT2D eigenvalue weighted by Gasteiger charge is 2.60. The second-order valence-corrected chi connectivity index (χ2v) is 10.3. The van der Waals surface area contributed by atoms with Crippen LogP contribution in [0.15, 0.2) is 23.0 Å². The molecule has 1 aromatic rings. The highest BCUT2D eigenvalue weighted by Crippen LogP contribution is 2.51. The Kier molecular flexibility index (Phi) is 7.47. The first-order valence-corrected chi connectivity index (χ1v) is 11.7. The minimum atomic E-state index is -1.10. The Morgan fingerprint density at radius 3 is 2.73 bits per heavy atom. The first-order valence-electron chi connectivity index (χ1n) is 10.8. The monoisotopic (exact) mass is 499 g/mol. The van der Waals surface area contributed by atoms with Crippen molar-refractivity contribution >= 4 is 29.5 Å². The van der Waals surface area contributed by atoms with E-state index in [1.807, 2.05) is 17.7 Å². The number of thioether (sulfide) groups is 1. The Labute approximate surface area is 202 Å². The van der Waals surface area contributed by atoms with Gasteiger partial charge in [-0.25, -0.2) is 13.9 Å². The number of carboxylic acids is 1. The van der Waals surface area contributed by atoms with Crippen molar-refractivity contribution in [3.05, 3.63) is 28.8 Å². The number of carbonyl (C=O) groups excluding carboxylic acids is 2. The van der Waals surface area contributed by atoms with Gasteiger partial charge in [-0.15, -0.1) is 11.8 Å². The maximum atomic E-state index is 12.5. The van der Waals surface area contributed by atoms with Crippen molar-refractivity contribution in [2.45, 2.75) is 56.7 Å². The van der Waals surface area contributed by atoms with Crippen LogP contribution in [-0.2, 0) is 23.2 Å². The van der Waals surface area contributed by atoms with Crippen LogP contribution in [0, 0.1) is 11.8 Å². The van der Waals surface area contributed by atoms with Gasteiger partial charge >= 0.3 is 17.7 Å². The first-order chi connectivity index (χ1) is 15.1. The number of nitrogens with one attached hydrogen (secondary N) is 1. The highest BCUT2D eigenvalue weighted by molar-refractivity contribution is 8.03. The number of carbonyl (C=O) groups is 3. The van der Waals surface area contributed by atoms with Crippen LogP contribution in [0.1, 0.15) is 37.3 Å². The molecule has 12 heteroatoms. The Hall–Kier alpha value is -2.08. The Morgan fingerprint density at radius 2 is 2.12 bits per heavy atom. The normalized spacial score (nSPS) is 29.5. The van der Waals surface area contributed by atoms with Gasteiger partial charge in [0.2, 0.25) is 5.91 Å². The number of β-lactam (4-membered cyclic amide) rings is 1. The van der Waals surface area contributed by atoms with E-state index in [2.05, 4.69) is 5.32 Å². The van der Waals surface area contributed by atoms with Gasteiger partial charge in [0.05, 0.1) is 31.7 Å². The van der Waals surface area contributed by atoms with E-state index in [0.717, 1.165) is 24.3 Å². The smallest absolute Gasteiger partial charge is 0.353 e. The fourth-order valence-corrected chi connectivity index (χ4v) is 6.78. The number of nitrogens with zero attached hydrogens (tertiary/aromatic N) is 3. The number of nitrogens with two attached hydrogens (primary N) is 1. The summed E-state index contributed by atoms with van der Waals surface area (Å²) in [4.78, 5) is 38.2. The lowest BCUT2D eigenvalue weighted by Gasteiger charge is -2.46. The van der Waals surface area contributed by atoms with E-state index in [1.54, 1.807) is 24.7 Å². The minimum Gasteiger partial charge on any atom is -1.00 e. The Bertz CT molecular complexity index is 996. The zero-order valence-corrected chi connectivity index (χ0v) is 20.3. The third kappa shape index (κ3) is 4.39. The second-order valence-electron chi connectivity index (χ2n) is 8.93. The molecule has 0 bridgehead atoms. The zero-order chi connectivity index (χ0) is 23.3. The fourth-order valence-electron chi connectivity index (χ4n) is 5.27. The maximum Gasteiger partial charge on any atom is 0.353 e. The number of aryl methyl sites for hydroxylation is 2. The van der Waals surface area contributed by atoms with Gasteiger partial charge in [-0.3, -0.25) is 9.59 Å². The Morgan fingerprint density at radius 1 is 1.42 bits per heavy atom. The van der Waals surface area contributed by atoms with Gasteiger partial charge in [-0.2, -0.15) is 0 Å². The molecule has 0 saturated carbocycles. The van der Waals surface area contributed by atoms with Crippen LogP contribution in [-0.4, -0.2) is 67.4 Å². The number of aliphatic hydroxyl groups excluding tert-OH is 1. The molecule has 3 aliphatic heterocycles. The molecule has 5 N–H and O–H groups in total. The minimum absolute atomic E-state index is 0. The lowest BCUT2D eigenvalue weighted by Crippen LogP contribution is -3.00. The van der Waals surface area contributed by atoms with E-state index in [0.29, 0.717) is 12.4 Å². The van der Waals surface area contributed by atoms with E-state index >= 15 is 0 Å². The summed E-state index contributed by atoms with van der Waals surface area (Å²) in [5.74, 6) is -2.09. The predicted octanol–water partition coefficient (Wildman–Crippen LogP) is -3.58. The third-order valence-corrected chi connectivity index (χ3v) is 8.31. The highest BCUT2D eigenvalue weighted by atomic mass is 35.5. The molecule has 4 rings (SSSR count). The summed E-state index contributed by atoms with van der Waals surface area (Å²) < 4.78 is 3.55. The van der Waals surface area contributed by atoms with Crippen molar-refractivity contribution in [2.75, 3.05) is 6.54 Å². The van der Waals surface area contributed by atoms with Crippen LogP contribution in [0.4, 0.5) is 0 Å². The van der Waals surface area contributed by atoms with Crippen molar-refractivity contribution in [3.63, 3.8) is 0 Å². The van der Waals surface area contributed by atoms with Crippen LogP contribution >= 0.6 is 11.8 Å². The van der Waals surface area contributed by atoms with Crippen LogP contribution in [0.25, 0.3) is 0 Å². The zero-order valence-electron chi connectivity index (χ0n) is 18.8. The Balaban J connectivity index is 0.00000306. The number of aliphatic carboxylic acids is 1. The summed E-state index contributed by atoms with van der Waals surface area (Å²) >= 11 is 1.54. The number of hydrogen-bond acceptors (Lipinski definition) is 6. The second kappa shape index (κ2) is 9.65. The summed E-state index contributed by atoms with van der Waals surface area (Å²) in [6, 6.07) is -0.0571. The number of imidazole rings is 1. The number of aliphatic hydroxyl groups is 1. The van der Waals surface area contributed by atoms with Gasteiger partial charge in [0, 0.05) is 35.1 Å². The van der Waals surface area contributed by atoms with Gasteiger partial charge < -0.3 is 38.6 Å². The molecule has 2 saturated heterocycles. The maximum absolute atomic E-state index is 12.5. The SMILES string of the molecule is C[C@@H](O)[C@H]1C(=O)N2C(C(=O)O)=C(S[C@@H]3CN[C@H](CCn4cc[n+](C)c4C(N)=O)C3)[C@H](C)[C@H]12.[Cl-]. The fraction of sp³-hybridized carbons (Fsp3) is 0.619. The summed E-state index contributed by atoms with van der Waals surface area (Å²) in [7, 11) is 1.78. The number of aromatic nitrogens is 2. The standard InChI is InChI=1S/C21H29N5O5S.ClH/c1-10-15-14(11(2)27)20(29)26(15)16(21(30)31)17(10)32-13-8-12(23-9-13)4-5-25-7-6-24(3)19(25)18(22)28;/h6-7,10-15,23,27H,4-5,8-9H2,1-3H3,(H2-,22,28,30,31);1H/t10-,11-,12-,13+,14-,15-;/m1./s1. The summed E-state index contributed by atoms with van der Waals surface area (Å²) in [5, 5.41) is 23.4. The molecule has 0 radical (unpaired) electrons. The van der Waals surface area contributed by atoms with Crippen LogP contribution in [0.2, 0.25) is 0 Å². The molecule has 1 aromatic heterocycles. The molecular weight excluding hydrogens is 470 g/mol. The molecular formula is C21H30ClN5O5S. The molecule has 33 heavy (non-hydrogen) atoms. The molecule has 3 aliphatic rings. The molecule has 182 valence electrons. The number of fused-ring (bicyclic) bond motifs is 1. The number of amides is 2. The number of carboxylic acid groups (broad SMARTS) is 1. The first kappa shape index (κ1) is 25.5. The molecule has 0 unspecified atom stereocenters. The number of rotatable bonds is 8. The topological polar surface area (TPSA) is 142 Å². The van der Waals surface area contributed by atoms with E-state index in [4.69, 9.17) is 5.73 Å². The molecule has 6 atom stereocenters. The molecule has 2 fully saturated rings. The van der Waals surface area contributed by atoms with Gasteiger partial charge in [0.1, 0.15) is 18.1 Å². The van der Waals surface area contributed by atoms with E-state index in [9.17, 15) is 24.6 Å². The third-order valence-electron chi connectivity index (χ3n) is 6.80. The average molecular weight is 500 g/mol. The van der Waals surface area contributed by atoms with Crippen molar-refractivity contribution in [1.82, 2.24) is 14.8 Å². The lowest BCUT2D eigenvalue weighted by atomic mass is 9.79. The predicted molar refractivity (Wildman–Crippen MR) is 116 cm³/mol. The van der Waals surface area contributed by atoms with Crippen LogP contribution in [0.3, 0.4) is 0 Å². The van der Waals surface area contributed by atoms with E-state index in [-0.39, 0.29) is 47.3 Å². The van der Waals surface area contributed by atoms with Gasteiger partial charge in [-0.05, 0) is 13.3 Å². The van der Waals surface area contributed by atoms with Crippen molar-refractivity contribution in [3.8, 4) is 0 Å². The summed E-state index contributed by atoms with van der Waals surface area (Å²) in [5.41, 5.74) is 5.55. The van der Waals surface area contributed by atoms with E-state index < -0.39 is 23.9 Å². The number of halogens is 1. The molecule has 0 aliphatic carbocycles. The molecule has 10 nitrogen and oxygen atoms in total. The van der Waals surface area contributed by atoms with Crippen molar-refractivity contribution in [2.24, 2.45) is 24.6 Å². The summed E-state index contributed by atoms with van der Waals surface area (Å²) in [6.07, 6.45) is 4.50. The number of hydrogen-bond donors (Lipinski definition) is 4. The molecule has 2 amide bonds. The largest absolute Gasteiger partial charge is 1.00 e. The lowest BCUT2D eigenvalue weighted by molar-refractivity contribution is -0.673. The quantitative estimate of drug-likeness (QED) is 0.214. The van der Waals surface area contributed by atoms with Crippen molar-refractivity contribution < 1.29 is 41.6 Å². The molecule has 0 aromatic carbocycles. The van der Waals surface area contributed by atoms with Gasteiger partial charge in [0.15, 0.2) is 0 Å². The molecule has 0 spiro atoms.